The maximum Gasteiger partial charge on any atom is 0.321 e. The molecule has 32 heavy (non-hydrogen) atoms. The molecule has 4 rings (SSSR count). The fourth-order valence-corrected chi connectivity index (χ4v) is 5.00. The van der Waals surface area contributed by atoms with Crippen molar-refractivity contribution in [2.24, 2.45) is 11.3 Å². The van der Waals surface area contributed by atoms with Crippen molar-refractivity contribution in [3.63, 3.8) is 0 Å². The van der Waals surface area contributed by atoms with E-state index in [0.717, 1.165) is 34.9 Å². The Morgan fingerprint density at radius 3 is 2.66 bits per heavy atom. The second-order valence-corrected chi connectivity index (χ2v) is 10.1. The topological polar surface area (TPSA) is 81.2 Å². The Kier molecular flexibility index (Phi) is 6.39. The Morgan fingerprint density at radius 2 is 1.97 bits per heavy atom. The summed E-state index contributed by atoms with van der Waals surface area (Å²) in [5.41, 5.74) is 2.82. The molecule has 0 bridgehead atoms. The van der Waals surface area contributed by atoms with Crippen LogP contribution in [0.2, 0.25) is 10.0 Å². The van der Waals surface area contributed by atoms with E-state index in [1.807, 2.05) is 36.1 Å². The highest BCUT2D eigenvalue weighted by Crippen LogP contribution is 2.46. The van der Waals surface area contributed by atoms with Crippen LogP contribution in [0.15, 0.2) is 36.5 Å². The number of fused-ring (bicyclic) bond motifs is 1. The van der Waals surface area contributed by atoms with Gasteiger partial charge in [0.1, 0.15) is 0 Å². The first-order valence-electron chi connectivity index (χ1n) is 10.8. The number of H-pyrrole nitrogens is 1. The summed E-state index contributed by atoms with van der Waals surface area (Å²) in [5, 5.41) is 23.4. The summed E-state index contributed by atoms with van der Waals surface area (Å²) in [6, 6.07) is 9.02. The van der Waals surface area contributed by atoms with Gasteiger partial charge in [0.2, 0.25) is 0 Å². The van der Waals surface area contributed by atoms with Gasteiger partial charge in [0, 0.05) is 39.8 Å². The van der Waals surface area contributed by atoms with Gasteiger partial charge in [-0.2, -0.15) is 5.10 Å². The number of urea groups is 1. The van der Waals surface area contributed by atoms with E-state index >= 15 is 0 Å². The molecule has 0 radical (unpaired) electrons. The largest absolute Gasteiger partial charge is 0.388 e. The Balaban J connectivity index is 1.42. The van der Waals surface area contributed by atoms with Gasteiger partial charge >= 0.3 is 6.03 Å². The molecule has 1 saturated heterocycles. The van der Waals surface area contributed by atoms with Crippen molar-refractivity contribution in [1.29, 1.82) is 0 Å². The number of aryl methyl sites for hydroxylation is 1. The maximum absolute atomic E-state index is 12.7. The number of aromatic amines is 1. The lowest BCUT2D eigenvalue weighted by molar-refractivity contribution is -0.0138. The lowest BCUT2D eigenvalue weighted by atomic mass is 9.68. The molecular weight excluding hydrogens is 447 g/mol. The van der Waals surface area contributed by atoms with Crippen molar-refractivity contribution in [2.45, 2.75) is 39.7 Å². The summed E-state index contributed by atoms with van der Waals surface area (Å²) < 4.78 is 0. The van der Waals surface area contributed by atoms with E-state index < -0.39 is 11.5 Å². The van der Waals surface area contributed by atoms with E-state index in [1.165, 1.54) is 0 Å². The number of halogens is 2. The number of carbonyl (C=O) groups is 1. The number of nitrogens with one attached hydrogen (secondary N) is 2. The minimum atomic E-state index is -0.718. The average Bonchev–Trinajstić information content (AvgIpc) is 3.23. The summed E-state index contributed by atoms with van der Waals surface area (Å²) in [6.07, 6.45) is 2.60. The first kappa shape index (κ1) is 22.9. The van der Waals surface area contributed by atoms with Crippen molar-refractivity contribution in [3.05, 3.63) is 57.7 Å². The fraction of sp³-hybridized carbons (Fsp3) is 0.417. The van der Waals surface area contributed by atoms with Gasteiger partial charge in [0.15, 0.2) is 0 Å². The number of aliphatic hydroxyl groups excluding tert-OH is 1. The monoisotopic (exact) mass is 474 g/mol. The molecule has 0 aliphatic carbocycles. The Bertz CT molecular complexity index is 1140. The molecule has 8 heteroatoms. The predicted octanol–water partition coefficient (Wildman–Crippen LogP) is 6.18. The molecule has 6 nitrogen and oxygen atoms in total. The smallest absolute Gasteiger partial charge is 0.321 e. The first-order valence-corrected chi connectivity index (χ1v) is 11.5. The molecule has 0 saturated carbocycles. The van der Waals surface area contributed by atoms with E-state index in [2.05, 4.69) is 29.4 Å². The van der Waals surface area contributed by atoms with Crippen LogP contribution in [0, 0.1) is 18.3 Å². The number of hydrogen-bond donors (Lipinski definition) is 3. The van der Waals surface area contributed by atoms with Crippen LogP contribution in [0.3, 0.4) is 0 Å². The summed E-state index contributed by atoms with van der Waals surface area (Å²) in [4.78, 5) is 14.5. The lowest BCUT2D eigenvalue weighted by Gasteiger charge is -2.43. The molecule has 2 amide bonds. The highest BCUT2D eigenvalue weighted by Gasteiger charge is 2.40. The number of anilines is 1. The quantitative estimate of drug-likeness (QED) is 0.421. The first-order chi connectivity index (χ1) is 15.2. The minimum Gasteiger partial charge on any atom is -0.388 e. The van der Waals surface area contributed by atoms with Crippen LogP contribution in [0.5, 0.6) is 0 Å². The third-order valence-electron chi connectivity index (χ3n) is 6.80. The molecular formula is C24H28Cl2N4O2. The van der Waals surface area contributed by atoms with E-state index in [0.29, 0.717) is 28.8 Å². The summed E-state index contributed by atoms with van der Waals surface area (Å²) in [6.45, 7) is 7.34. The average molecular weight is 475 g/mol. The van der Waals surface area contributed by atoms with Crippen LogP contribution in [0.1, 0.15) is 43.9 Å². The third-order valence-corrected chi connectivity index (χ3v) is 7.43. The molecule has 3 aromatic rings. The predicted molar refractivity (Wildman–Crippen MR) is 129 cm³/mol. The molecule has 1 aliphatic rings. The molecule has 1 atom stereocenters. The van der Waals surface area contributed by atoms with Gasteiger partial charge in [-0.25, -0.2) is 4.79 Å². The lowest BCUT2D eigenvalue weighted by Crippen LogP contribution is -2.45. The van der Waals surface area contributed by atoms with Crippen LogP contribution in [0.25, 0.3) is 10.9 Å². The number of amides is 2. The van der Waals surface area contributed by atoms with Crippen molar-refractivity contribution in [1.82, 2.24) is 15.1 Å². The molecule has 1 aromatic heterocycles. The molecule has 1 unspecified atom stereocenters. The number of aromatic nitrogens is 2. The van der Waals surface area contributed by atoms with E-state index in [4.69, 9.17) is 23.2 Å². The molecule has 170 valence electrons. The molecule has 3 N–H and O–H groups in total. The number of carbonyl (C=O) groups excluding carboxylic acids is 1. The molecule has 0 spiro atoms. The summed E-state index contributed by atoms with van der Waals surface area (Å²) in [5.74, 6) is 0.243. The number of rotatable bonds is 4. The number of hydrogen-bond acceptors (Lipinski definition) is 3. The minimum absolute atomic E-state index is 0.129. The maximum atomic E-state index is 12.7. The van der Waals surface area contributed by atoms with Gasteiger partial charge in [-0.3, -0.25) is 5.10 Å². The molecule has 1 fully saturated rings. The number of piperidine rings is 1. The molecule has 1 aliphatic heterocycles. The van der Waals surface area contributed by atoms with E-state index in [9.17, 15) is 9.90 Å². The highest BCUT2D eigenvalue weighted by molar-refractivity contribution is 6.31. The number of nitrogens with zero attached hydrogens (tertiary/aromatic N) is 2. The number of likely N-dealkylation sites (tertiary alicyclic amines) is 1. The summed E-state index contributed by atoms with van der Waals surface area (Å²) >= 11 is 12.5. The van der Waals surface area contributed by atoms with Crippen LogP contribution < -0.4 is 5.32 Å². The second-order valence-electron chi connectivity index (χ2n) is 9.21. The SMILES string of the molecule is Cc1ccc(NC(=O)N2CCC(C(C)(C)C(O)c3cc(Cl)cc4cn[nH]c34)CC2)cc1Cl. The van der Waals surface area contributed by atoms with Crippen LogP contribution >= 0.6 is 23.2 Å². The van der Waals surface area contributed by atoms with Crippen LogP contribution in [0.4, 0.5) is 10.5 Å². The van der Waals surface area contributed by atoms with E-state index in [-0.39, 0.29) is 11.9 Å². The number of aliphatic hydroxyl groups is 1. The summed E-state index contributed by atoms with van der Waals surface area (Å²) in [7, 11) is 0. The van der Waals surface area contributed by atoms with Crippen LogP contribution in [-0.4, -0.2) is 39.3 Å². The van der Waals surface area contributed by atoms with Gasteiger partial charge < -0.3 is 15.3 Å². The van der Waals surface area contributed by atoms with Crippen LogP contribution in [-0.2, 0) is 0 Å². The van der Waals surface area contributed by atoms with Crippen molar-refractivity contribution in [2.75, 3.05) is 18.4 Å². The van der Waals surface area contributed by atoms with Gasteiger partial charge in [-0.05, 0) is 60.9 Å². The van der Waals surface area contributed by atoms with Crippen molar-refractivity contribution >= 4 is 45.8 Å². The third kappa shape index (κ3) is 4.45. The standard InChI is InChI=1S/C24H28Cl2N4O2/c1-14-4-5-18(12-20(14)26)28-23(32)30-8-6-16(7-9-30)24(2,3)22(31)19-11-17(25)10-15-13-27-29-21(15)19/h4-5,10-13,16,22,31H,6-9H2,1-3H3,(H,27,29)(H,28,32). The van der Waals surface area contributed by atoms with Gasteiger partial charge in [-0.1, -0.05) is 43.1 Å². The molecule has 2 heterocycles. The second kappa shape index (κ2) is 8.93. The Labute approximate surface area is 197 Å². The fourth-order valence-electron chi connectivity index (χ4n) is 4.59. The van der Waals surface area contributed by atoms with Gasteiger partial charge in [-0.15, -0.1) is 0 Å². The zero-order valence-electron chi connectivity index (χ0n) is 18.5. The zero-order chi connectivity index (χ0) is 23.0. The van der Waals surface area contributed by atoms with Gasteiger partial charge in [0.25, 0.3) is 0 Å². The van der Waals surface area contributed by atoms with Crippen molar-refractivity contribution < 1.29 is 9.90 Å². The Morgan fingerprint density at radius 1 is 1.25 bits per heavy atom. The molecule has 2 aromatic carbocycles. The number of benzene rings is 2. The van der Waals surface area contributed by atoms with Gasteiger partial charge in [0.05, 0.1) is 17.8 Å². The Hall–Kier alpha value is -2.28. The van der Waals surface area contributed by atoms with Crippen molar-refractivity contribution in [3.8, 4) is 0 Å². The van der Waals surface area contributed by atoms with E-state index in [1.54, 1.807) is 12.3 Å². The highest BCUT2D eigenvalue weighted by atomic mass is 35.5. The zero-order valence-corrected chi connectivity index (χ0v) is 20.0. The normalized spacial score (nSPS) is 16.4.